The quantitative estimate of drug-likeness (QED) is 0.130. The maximum Gasteiger partial charge on any atom is 0.293 e. The van der Waals surface area contributed by atoms with E-state index in [-0.39, 0.29) is 17.9 Å². The first kappa shape index (κ1) is 44.5. The predicted octanol–water partition coefficient (Wildman–Crippen LogP) is 9.78. The Bertz CT molecular complexity index is 845. The monoisotopic (exact) mass is 618 g/mol. The van der Waals surface area contributed by atoms with E-state index in [1.807, 2.05) is 34.6 Å². The second-order valence-corrected chi connectivity index (χ2v) is 14.0. The van der Waals surface area contributed by atoms with Crippen LogP contribution in [0.15, 0.2) is 23.8 Å². The summed E-state index contributed by atoms with van der Waals surface area (Å²) in [6.45, 7) is 34.2. The lowest BCUT2D eigenvalue weighted by Gasteiger charge is -2.44. The third-order valence-corrected chi connectivity index (χ3v) is 10.6. The molecule has 11 atom stereocenters. The lowest BCUT2D eigenvalue weighted by Crippen LogP contribution is -2.45. The van der Waals surface area contributed by atoms with Crippen molar-refractivity contribution in [2.45, 2.75) is 134 Å². The third-order valence-electron chi connectivity index (χ3n) is 10.6. The van der Waals surface area contributed by atoms with Gasteiger partial charge in [-0.25, -0.2) is 0 Å². The van der Waals surface area contributed by atoms with E-state index in [0.29, 0.717) is 66.4 Å². The molecule has 258 valence electrons. The van der Waals surface area contributed by atoms with Gasteiger partial charge >= 0.3 is 0 Å². The van der Waals surface area contributed by atoms with Crippen LogP contribution < -0.4 is 5.73 Å². The molecule has 5 heteroatoms. The first-order valence-corrected chi connectivity index (χ1v) is 18.0. The molecule has 0 aromatic carbocycles. The van der Waals surface area contributed by atoms with E-state index >= 15 is 0 Å². The molecular weight excluding hydrogens is 542 g/mol. The Balaban J connectivity index is 0. The minimum absolute atomic E-state index is 0.0793. The molecule has 0 aliphatic heterocycles. The fourth-order valence-electron chi connectivity index (χ4n) is 7.50. The average molecular weight is 618 g/mol. The SMILES string of the molecule is C=C(/C(=C/[C@@H](C)C(CC)OC=O)CN)C(C)CC(C)[C@H](CC1CC(C)CC(N(C)C)[C@H]1C#N)C(C)C(C)C(C)C.CC.CC. The summed E-state index contributed by atoms with van der Waals surface area (Å²) in [6.07, 6.45) is 7.19. The minimum atomic E-state index is -0.152. The Kier molecular flexibility index (Phi) is 23.9. The number of hydrogen-bond donors (Lipinski definition) is 1. The van der Waals surface area contributed by atoms with Gasteiger partial charge in [-0.1, -0.05) is 103 Å². The molecule has 8 unspecified atom stereocenters. The standard InChI is InChI=1S/C35H63N3O2.2C2H6/c1-13-35(40-21-39)26(7)17-31(19-36)28(9)24(5)16-25(6)32(29(10)27(8)22(2)3)18-30-14-23(4)15-34(38(11)12)33(30)20-37;2*1-2/h17,21-27,29-30,32-35H,9,13-16,18-19,36H2,1-8,10-12H3;2*1-2H3/b31-17+;;/t23?,24?,25?,26-,27?,29?,30?,32+,33+,34?,35?;;/m1../s1. The highest BCUT2D eigenvalue weighted by Crippen LogP contribution is 2.45. The van der Waals surface area contributed by atoms with Crippen LogP contribution in [-0.2, 0) is 9.53 Å². The number of carbonyl (C=O) groups is 1. The van der Waals surface area contributed by atoms with Gasteiger partial charge < -0.3 is 15.4 Å². The van der Waals surface area contributed by atoms with Crippen LogP contribution in [0, 0.1) is 70.5 Å². The van der Waals surface area contributed by atoms with Crippen LogP contribution in [0.3, 0.4) is 0 Å². The van der Waals surface area contributed by atoms with Crippen LogP contribution in [0.1, 0.15) is 122 Å². The molecule has 0 aromatic rings. The van der Waals surface area contributed by atoms with Gasteiger partial charge in [-0.05, 0) is 105 Å². The van der Waals surface area contributed by atoms with Crippen molar-refractivity contribution in [1.29, 1.82) is 5.26 Å². The first-order valence-electron chi connectivity index (χ1n) is 18.0. The van der Waals surface area contributed by atoms with Crippen molar-refractivity contribution in [1.82, 2.24) is 4.90 Å². The molecular formula is C39H75N3O2. The number of nitriles is 1. The van der Waals surface area contributed by atoms with Crippen LogP contribution in [0.4, 0.5) is 0 Å². The van der Waals surface area contributed by atoms with Crippen molar-refractivity contribution in [3.63, 3.8) is 0 Å². The number of carbonyl (C=O) groups excluding carboxylic acids is 1. The van der Waals surface area contributed by atoms with Gasteiger partial charge in [0.2, 0.25) is 0 Å². The molecule has 2 N–H and O–H groups in total. The smallest absolute Gasteiger partial charge is 0.293 e. The molecule has 0 heterocycles. The van der Waals surface area contributed by atoms with E-state index < -0.39 is 0 Å². The predicted molar refractivity (Wildman–Crippen MR) is 192 cm³/mol. The van der Waals surface area contributed by atoms with Crippen LogP contribution in [0.2, 0.25) is 0 Å². The number of ether oxygens (including phenoxy) is 1. The van der Waals surface area contributed by atoms with E-state index in [4.69, 9.17) is 10.5 Å². The molecule has 1 rings (SSSR count). The van der Waals surface area contributed by atoms with E-state index in [9.17, 15) is 10.1 Å². The Morgan fingerprint density at radius 2 is 1.61 bits per heavy atom. The summed E-state index contributed by atoms with van der Waals surface area (Å²) >= 11 is 0. The summed E-state index contributed by atoms with van der Waals surface area (Å²) in [5.74, 6) is 4.37. The summed E-state index contributed by atoms with van der Waals surface area (Å²) in [5.41, 5.74) is 8.38. The second kappa shape index (κ2) is 23.7. The minimum Gasteiger partial charge on any atom is -0.464 e. The maximum absolute atomic E-state index is 11.0. The van der Waals surface area contributed by atoms with E-state index in [1.165, 1.54) is 0 Å². The molecule has 0 amide bonds. The number of nitrogens with zero attached hydrogens (tertiary/aromatic N) is 2. The van der Waals surface area contributed by atoms with Gasteiger partial charge in [0.15, 0.2) is 0 Å². The highest BCUT2D eigenvalue weighted by atomic mass is 16.5. The zero-order valence-electron chi connectivity index (χ0n) is 31.8. The molecule has 1 fully saturated rings. The number of rotatable bonds is 17. The molecule has 0 saturated heterocycles. The van der Waals surface area contributed by atoms with Gasteiger partial charge in [-0.15, -0.1) is 0 Å². The number of nitrogens with two attached hydrogens (primary N) is 1. The Hall–Kier alpha value is -1.64. The van der Waals surface area contributed by atoms with Crippen molar-refractivity contribution < 1.29 is 9.53 Å². The first-order chi connectivity index (χ1) is 20.7. The second-order valence-electron chi connectivity index (χ2n) is 14.0. The average Bonchev–Trinajstić information content (AvgIpc) is 3.01. The van der Waals surface area contributed by atoms with Crippen LogP contribution >= 0.6 is 0 Å². The van der Waals surface area contributed by atoms with Crippen molar-refractivity contribution in [2.75, 3.05) is 20.6 Å². The highest BCUT2D eigenvalue weighted by Gasteiger charge is 2.41. The Morgan fingerprint density at radius 1 is 1.05 bits per heavy atom. The summed E-state index contributed by atoms with van der Waals surface area (Å²) in [5, 5.41) is 10.3. The molecule has 0 spiro atoms. The normalized spacial score (nSPS) is 25.1. The topological polar surface area (TPSA) is 79.3 Å². The lowest BCUT2D eigenvalue weighted by molar-refractivity contribution is -0.135. The lowest BCUT2D eigenvalue weighted by atomic mass is 9.63. The number of hydrogen-bond acceptors (Lipinski definition) is 5. The van der Waals surface area contributed by atoms with Gasteiger partial charge in [0.25, 0.3) is 6.47 Å². The van der Waals surface area contributed by atoms with Gasteiger partial charge in [0, 0.05) is 18.5 Å². The van der Waals surface area contributed by atoms with Crippen molar-refractivity contribution in [3.05, 3.63) is 23.8 Å². The fraction of sp³-hybridized carbons (Fsp3) is 0.846. The molecule has 1 aliphatic carbocycles. The fourth-order valence-corrected chi connectivity index (χ4v) is 7.50. The summed E-state index contributed by atoms with van der Waals surface area (Å²) in [7, 11) is 4.27. The van der Waals surface area contributed by atoms with Gasteiger partial charge in [-0.3, -0.25) is 4.79 Å². The Morgan fingerprint density at radius 3 is 2.05 bits per heavy atom. The molecule has 0 bridgehead atoms. The zero-order valence-corrected chi connectivity index (χ0v) is 31.8. The summed E-state index contributed by atoms with van der Waals surface area (Å²) < 4.78 is 5.30. The van der Waals surface area contributed by atoms with Gasteiger partial charge in [0.1, 0.15) is 6.10 Å². The zero-order chi connectivity index (χ0) is 34.7. The molecule has 0 radical (unpaired) electrons. The van der Waals surface area contributed by atoms with Gasteiger partial charge in [0.05, 0.1) is 12.0 Å². The Labute approximate surface area is 275 Å². The molecule has 0 aromatic heterocycles. The van der Waals surface area contributed by atoms with E-state index in [0.717, 1.165) is 43.3 Å². The van der Waals surface area contributed by atoms with Crippen molar-refractivity contribution in [3.8, 4) is 6.07 Å². The summed E-state index contributed by atoms with van der Waals surface area (Å²) in [4.78, 5) is 13.2. The van der Waals surface area contributed by atoms with Gasteiger partial charge in [-0.2, -0.15) is 5.26 Å². The molecule has 1 saturated carbocycles. The summed E-state index contributed by atoms with van der Waals surface area (Å²) in [6, 6.07) is 3.09. The maximum atomic E-state index is 11.0. The molecule has 5 nitrogen and oxygen atoms in total. The largest absolute Gasteiger partial charge is 0.464 e. The van der Waals surface area contributed by atoms with Crippen LogP contribution in [0.25, 0.3) is 0 Å². The van der Waals surface area contributed by atoms with E-state index in [2.05, 4.69) is 93.1 Å². The van der Waals surface area contributed by atoms with Crippen LogP contribution in [-0.4, -0.2) is 44.2 Å². The molecule has 1 aliphatic rings. The third kappa shape index (κ3) is 13.8. The molecule has 44 heavy (non-hydrogen) atoms. The van der Waals surface area contributed by atoms with Crippen LogP contribution in [0.5, 0.6) is 0 Å². The van der Waals surface area contributed by atoms with Crippen molar-refractivity contribution >= 4 is 6.47 Å². The van der Waals surface area contributed by atoms with E-state index in [1.54, 1.807) is 0 Å². The highest BCUT2D eigenvalue weighted by molar-refractivity contribution is 5.38. The van der Waals surface area contributed by atoms with Crippen molar-refractivity contribution in [2.24, 2.45) is 64.9 Å².